The standard InChI is InChI=1S/C15H21ClN2O5S/c1-10(15(19)17-9-11-4-3-7-23-11)18-24(20,21)12-5-6-14(22-2)13(16)8-12/h5-6,8,10-11,18H,3-4,7,9H2,1-2H3,(H,17,19). The van der Waals surface area contributed by atoms with E-state index < -0.39 is 22.0 Å². The van der Waals surface area contributed by atoms with E-state index in [1.165, 1.54) is 32.2 Å². The van der Waals surface area contributed by atoms with E-state index in [4.69, 9.17) is 21.1 Å². The summed E-state index contributed by atoms with van der Waals surface area (Å²) in [6, 6.07) is 3.18. The molecule has 0 saturated carbocycles. The second-order valence-electron chi connectivity index (χ2n) is 5.52. The first-order valence-electron chi connectivity index (χ1n) is 7.58. The SMILES string of the molecule is COc1ccc(S(=O)(=O)NC(C)C(=O)NCC2CCCO2)cc1Cl. The Labute approximate surface area is 146 Å². The Morgan fingerprint density at radius 3 is 2.83 bits per heavy atom. The number of ether oxygens (including phenoxy) is 2. The van der Waals surface area contributed by atoms with E-state index in [9.17, 15) is 13.2 Å². The van der Waals surface area contributed by atoms with Gasteiger partial charge >= 0.3 is 0 Å². The molecule has 7 nitrogen and oxygen atoms in total. The summed E-state index contributed by atoms with van der Waals surface area (Å²) in [5.74, 6) is -0.0355. The number of rotatable bonds is 7. The van der Waals surface area contributed by atoms with Gasteiger partial charge in [0.25, 0.3) is 0 Å². The molecule has 0 radical (unpaired) electrons. The fourth-order valence-electron chi connectivity index (χ4n) is 2.34. The van der Waals surface area contributed by atoms with Crippen LogP contribution in [0, 0.1) is 0 Å². The lowest BCUT2D eigenvalue weighted by molar-refractivity contribution is -0.122. The molecule has 2 unspecified atom stereocenters. The van der Waals surface area contributed by atoms with Gasteiger partial charge in [0, 0.05) is 13.2 Å². The summed E-state index contributed by atoms with van der Waals surface area (Å²) in [4.78, 5) is 12.0. The van der Waals surface area contributed by atoms with E-state index in [1.807, 2.05) is 0 Å². The van der Waals surface area contributed by atoms with Gasteiger partial charge < -0.3 is 14.8 Å². The molecule has 1 aliphatic heterocycles. The van der Waals surface area contributed by atoms with Gasteiger partial charge in [-0.3, -0.25) is 4.79 Å². The quantitative estimate of drug-likeness (QED) is 0.748. The molecule has 134 valence electrons. The van der Waals surface area contributed by atoms with Gasteiger partial charge in [-0.15, -0.1) is 0 Å². The van der Waals surface area contributed by atoms with Crippen molar-refractivity contribution < 1.29 is 22.7 Å². The first-order chi connectivity index (χ1) is 11.3. The minimum absolute atomic E-state index is 0.00171. The van der Waals surface area contributed by atoms with Gasteiger partial charge in [-0.2, -0.15) is 4.72 Å². The zero-order valence-electron chi connectivity index (χ0n) is 13.5. The van der Waals surface area contributed by atoms with Crippen molar-refractivity contribution in [2.45, 2.75) is 36.8 Å². The lowest BCUT2D eigenvalue weighted by atomic mass is 10.2. The lowest BCUT2D eigenvalue weighted by Gasteiger charge is -2.16. The second kappa shape index (κ2) is 8.15. The summed E-state index contributed by atoms with van der Waals surface area (Å²) >= 11 is 5.95. The lowest BCUT2D eigenvalue weighted by Crippen LogP contribution is -2.46. The number of benzene rings is 1. The molecule has 0 aliphatic carbocycles. The van der Waals surface area contributed by atoms with E-state index in [0.29, 0.717) is 18.9 Å². The maximum Gasteiger partial charge on any atom is 0.241 e. The van der Waals surface area contributed by atoms with E-state index in [2.05, 4.69) is 10.0 Å². The third kappa shape index (κ3) is 4.83. The molecular weight excluding hydrogens is 356 g/mol. The summed E-state index contributed by atoms with van der Waals surface area (Å²) < 4.78 is 37.4. The summed E-state index contributed by atoms with van der Waals surface area (Å²) in [7, 11) is -2.43. The molecule has 1 fully saturated rings. The number of amides is 1. The predicted molar refractivity (Wildman–Crippen MR) is 89.8 cm³/mol. The number of hydrogen-bond donors (Lipinski definition) is 2. The number of hydrogen-bond acceptors (Lipinski definition) is 5. The largest absolute Gasteiger partial charge is 0.495 e. The molecule has 1 aromatic rings. The zero-order valence-corrected chi connectivity index (χ0v) is 15.1. The highest BCUT2D eigenvalue weighted by Crippen LogP contribution is 2.26. The molecule has 0 aromatic heterocycles. The molecule has 1 aromatic carbocycles. The van der Waals surface area contributed by atoms with Gasteiger partial charge in [-0.1, -0.05) is 11.6 Å². The van der Waals surface area contributed by atoms with Crippen molar-refractivity contribution in [3.8, 4) is 5.75 Å². The van der Waals surface area contributed by atoms with Crippen molar-refractivity contribution in [1.82, 2.24) is 10.0 Å². The van der Waals surface area contributed by atoms with Crippen LogP contribution in [0.25, 0.3) is 0 Å². The summed E-state index contributed by atoms with van der Waals surface area (Å²) in [6.07, 6.45) is 1.87. The van der Waals surface area contributed by atoms with Crippen molar-refractivity contribution >= 4 is 27.5 Å². The van der Waals surface area contributed by atoms with Crippen molar-refractivity contribution in [2.24, 2.45) is 0 Å². The van der Waals surface area contributed by atoms with Crippen LogP contribution in [0.3, 0.4) is 0 Å². The van der Waals surface area contributed by atoms with Crippen LogP contribution in [0.4, 0.5) is 0 Å². The van der Waals surface area contributed by atoms with Gasteiger partial charge in [0.1, 0.15) is 5.75 Å². The van der Waals surface area contributed by atoms with Crippen LogP contribution in [0.5, 0.6) is 5.75 Å². The number of carbonyl (C=O) groups excluding carboxylic acids is 1. The third-order valence-corrected chi connectivity index (χ3v) is 5.52. The Kier molecular flexibility index (Phi) is 6.45. The van der Waals surface area contributed by atoms with Crippen LogP contribution in [-0.2, 0) is 19.6 Å². The average molecular weight is 377 g/mol. The smallest absolute Gasteiger partial charge is 0.241 e. The molecule has 2 atom stereocenters. The summed E-state index contributed by atoms with van der Waals surface area (Å²) in [6.45, 7) is 2.55. The maximum atomic E-state index is 12.3. The van der Waals surface area contributed by atoms with Crippen LogP contribution in [0.1, 0.15) is 19.8 Å². The highest BCUT2D eigenvalue weighted by atomic mass is 35.5. The molecule has 9 heteroatoms. The van der Waals surface area contributed by atoms with E-state index >= 15 is 0 Å². The molecule has 1 heterocycles. The Bertz CT molecular complexity index is 689. The minimum atomic E-state index is -3.87. The first-order valence-corrected chi connectivity index (χ1v) is 9.45. The van der Waals surface area contributed by atoms with E-state index in [-0.39, 0.29) is 16.0 Å². The van der Waals surface area contributed by atoms with Crippen molar-refractivity contribution in [3.05, 3.63) is 23.2 Å². The fraction of sp³-hybridized carbons (Fsp3) is 0.533. The fourth-order valence-corrected chi connectivity index (χ4v) is 3.89. The topological polar surface area (TPSA) is 93.7 Å². The maximum absolute atomic E-state index is 12.3. The van der Waals surface area contributed by atoms with Crippen molar-refractivity contribution in [3.63, 3.8) is 0 Å². The molecule has 0 bridgehead atoms. The normalized spacial score (nSPS) is 19.0. The zero-order chi connectivity index (χ0) is 17.7. The van der Waals surface area contributed by atoms with Crippen LogP contribution >= 0.6 is 11.6 Å². The number of halogens is 1. The van der Waals surface area contributed by atoms with Crippen LogP contribution < -0.4 is 14.8 Å². The number of carbonyl (C=O) groups is 1. The highest BCUT2D eigenvalue weighted by molar-refractivity contribution is 7.89. The highest BCUT2D eigenvalue weighted by Gasteiger charge is 2.24. The summed E-state index contributed by atoms with van der Waals surface area (Å²) in [5.41, 5.74) is 0. The molecule has 2 rings (SSSR count). The second-order valence-corrected chi connectivity index (χ2v) is 7.64. The number of methoxy groups -OCH3 is 1. The number of nitrogens with one attached hydrogen (secondary N) is 2. The Morgan fingerprint density at radius 1 is 1.50 bits per heavy atom. The van der Waals surface area contributed by atoms with Crippen molar-refractivity contribution in [2.75, 3.05) is 20.3 Å². The van der Waals surface area contributed by atoms with Crippen LogP contribution in [0.2, 0.25) is 5.02 Å². The van der Waals surface area contributed by atoms with E-state index in [1.54, 1.807) is 0 Å². The average Bonchev–Trinajstić information content (AvgIpc) is 3.05. The van der Waals surface area contributed by atoms with Crippen LogP contribution in [0.15, 0.2) is 23.1 Å². The molecule has 0 spiro atoms. The van der Waals surface area contributed by atoms with Gasteiger partial charge in [0.15, 0.2) is 0 Å². The predicted octanol–water partition coefficient (Wildman–Crippen LogP) is 1.31. The first kappa shape index (κ1) is 19.0. The Morgan fingerprint density at radius 2 is 2.25 bits per heavy atom. The molecule has 1 amide bonds. The monoisotopic (exact) mass is 376 g/mol. The molecule has 1 aliphatic rings. The van der Waals surface area contributed by atoms with E-state index in [0.717, 1.165) is 12.8 Å². The van der Waals surface area contributed by atoms with Gasteiger partial charge in [0.05, 0.1) is 29.2 Å². The van der Waals surface area contributed by atoms with Gasteiger partial charge in [0.2, 0.25) is 15.9 Å². The molecule has 1 saturated heterocycles. The van der Waals surface area contributed by atoms with Crippen molar-refractivity contribution in [1.29, 1.82) is 0 Å². The number of sulfonamides is 1. The Balaban J connectivity index is 1.96. The molecule has 2 N–H and O–H groups in total. The Hall–Kier alpha value is -1.35. The van der Waals surface area contributed by atoms with Crippen LogP contribution in [-0.4, -0.2) is 46.7 Å². The van der Waals surface area contributed by atoms with Gasteiger partial charge in [-0.25, -0.2) is 8.42 Å². The minimum Gasteiger partial charge on any atom is -0.495 e. The third-order valence-electron chi connectivity index (χ3n) is 3.69. The molecular formula is C15H21ClN2O5S. The van der Waals surface area contributed by atoms with Gasteiger partial charge in [-0.05, 0) is 38.0 Å². The molecule has 24 heavy (non-hydrogen) atoms. The summed E-state index contributed by atoms with van der Waals surface area (Å²) in [5, 5.41) is 2.87.